The van der Waals surface area contributed by atoms with Crippen LogP contribution >= 0.6 is 0 Å². The Morgan fingerprint density at radius 3 is 2.53 bits per heavy atom. The normalized spacial score (nSPS) is 16.6. The lowest BCUT2D eigenvalue weighted by molar-refractivity contribution is -0.124. The molecule has 1 aromatic rings. The van der Waals surface area contributed by atoms with Crippen LogP contribution in [-0.4, -0.2) is 19.5 Å². The van der Waals surface area contributed by atoms with Crippen LogP contribution in [0.5, 0.6) is 0 Å². The number of nitrogens with two attached hydrogens (primary N) is 1. The molecule has 0 radical (unpaired) electrons. The first-order valence-corrected chi connectivity index (χ1v) is 6.25. The summed E-state index contributed by atoms with van der Waals surface area (Å²) in [5.41, 5.74) is 8.24. The van der Waals surface area contributed by atoms with Crippen LogP contribution in [0.15, 0.2) is 24.3 Å². The lowest BCUT2D eigenvalue weighted by atomic mass is 9.97. The highest BCUT2D eigenvalue weighted by molar-refractivity contribution is 5.78. The fourth-order valence-electron chi connectivity index (χ4n) is 2.11. The molecule has 0 saturated heterocycles. The van der Waals surface area contributed by atoms with Crippen LogP contribution in [0.1, 0.15) is 29.9 Å². The summed E-state index contributed by atoms with van der Waals surface area (Å²) in [7, 11) is 1.65. The second kappa shape index (κ2) is 5.32. The van der Waals surface area contributed by atoms with Gasteiger partial charge in [0, 0.05) is 13.6 Å². The molecule has 2 rings (SSSR count). The van der Waals surface area contributed by atoms with Gasteiger partial charge in [0.15, 0.2) is 0 Å². The van der Waals surface area contributed by atoms with Gasteiger partial charge in [-0.05, 0) is 36.3 Å². The maximum Gasteiger partial charge on any atom is 0.224 e. The monoisotopic (exact) mass is 232 g/mol. The van der Waals surface area contributed by atoms with Gasteiger partial charge in [0.05, 0.1) is 5.92 Å². The third-order valence-corrected chi connectivity index (χ3v) is 3.41. The first kappa shape index (κ1) is 12.1. The maximum absolute atomic E-state index is 11.5. The van der Waals surface area contributed by atoms with Crippen LogP contribution < -0.4 is 11.1 Å². The van der Waals surface area contributed by atoms with E-state index in [1.807, 2.05) is 0 Å². The third kappa shape index (κ3) is 3.07. The van der Waals surface area contributed by atoms with Gasteiger partial charge in [-0.3, -0.25) is 4.79 Å². The first-order valence-electron chi connectivity index (χ1n) is 6.25. The highest BCUT2D eigenvalue weighted by Gasteiger charge is 2.23. The molecule has 1 saturated carbocycles. The van der Waals surface area contributed by atoms with E-state index in [0.29, 0.717) is 6.54 Å². The summed E-state index contributed by atoms with van der Waals surface area (Å²) in [6, 6.07) is 8.62. The minimum absolute atomic E-state index is 0.0266. The largest absolute Gasteiger partial charge is 0.359 e. The minimum Gasteiger partial charge on any atom is -0.359 e. The third-order valence-electron chi connectivity index (χ3n) is 3.41. The summed E-state index contributed by atoms with van der Waals surface area (Å²) < 4.78 is 0. The van der Waals surface area contributed by atoms with Crippen molar-refractivity contribution in [2.45, 2.75) is 25.2 Å². The van der Waals surface area contributed by atoms with Crippen LogP contribution in [0, 0.1) is 5.92 Å². The van der Waals surface area contributed by atoms with E-state index in [4.69, 9.17) is 5.73 Å². The molecule has 1 aliphatic carbocycles. The Bertz CT molecular complexity index is 382. The van der Waals surface area contributed by atoms with Crippen LogP contribution in [-0.2, 0) is 11.2 Å². The zero-order valence-corrected chi connectivity index (χ0v) is 10.3. The van der Waals surface area contributed by atoms with E-state index >= 15 is 0 Å². The van der Waals surface area contributed by atoms with Gasteiger partial charge < -0.3 is 11.1 Å². The van der Waals surface area contributed by atoms with Crippen molar-refractivity contribution in [2.24, 2.45) is 11.7 Å². The molecule has 92 valence electrons. The van der Waals surface area contributed by atoms with Crippen molar-refractivity contribution < 1.29 is 4.79 Å². The maximum atomic E-state index is 11.5. The molecule has 1 unspecified atom stereocenters. The topological polar surface area (TPSA) is 55.1 Å². The van der Waals surface area contributed by atoms with Crippen LogP contribution in [0.3, 0.4) is 0 Å². The van der Waals surface area contributed by atoms with Gasteiger partial charge in [0.25, 0.3) is 0 Å². The summed E-state index contributed by atoms with van der Waals surface area (Å²) in [4.78, 5) is 11.5. The Morgan fingerprint density at radius 2 is 2.06 bits per heavy atom. The second-order valence-electron chi connectivity index (χ2n) is 4.77. The summed E-state index contributed by atoms with van der Waals surface area (Å²) >= 11 is 0. The Kier molecular flexibility index (Phi) is 3.79. The van der Waals surface area contributed by atoms with E-state index in [1.165, 1.54) is 24.0 Å². The van der Waals surface area contributed by atoms with Gasteiger partial charge in [0.1, 0.15) is 0 Å². The lowest BCUT2D eigenvalue weighted by Gasteiger charge is -2.13. The molecule has 0 heterocycles. The van der Waals surface area contributed by atoms with E-state index in [1.54, 1.807) is 7.05 Å². The number of amides is 1. The molecule has 1 aliphatic rings. The number of rotatable bonds is 5. The summed E-state index contributed by atoms with van der Waals surface area (Å²) in [5.74, 6) is 0.693. The van der Waals surface area contributed by atoms with Gasteiger partial charge in [-0.2, -0.15) is 0 Å². The Hall–Kier alpha value is -1.35. The second-order valence-corrected chi connectivity index (χ2v) is 4.77. The molecular formula is C14H20N2O. The number of carbonyl (C=O) groups is 1. The highest BCUT2D eigenvalue weighted by Crippen LogP contribution is 2.39. The highest BCUT2D eigenvalue weighted by atomic mass is 16.1. The van der Waals surface area contributed by atoms with Crippen molar-refractivity contribution in [3.63, 3.8) is 0 Å². The molecule has 1 fully saturated rings. The smallest absolute Gasteiger partial charge is 0.224 e. The fourth-order valence-corrected chi connectivity index (χ4v) is 2.11. The molecular weight excluding hydrogens is 212 g/mol. The van der Waals surface area contributed by atoms with Gasteiger partial charge in [-0.1, -0.05) is 24.3 Å². The van der Waals surface area contributed by atoms with E-state index in [-0.39, 0.29) is 11.8 Å². The zero-order chi connectivity index (χ0) is 12.3. The molecule has 3 nitrogen and oxygen atoms in total. The van der Waals surface area contributed by atoms with Crippen molar-refractivity contribution in [1.29, 1.82) is 0 Å². The first-order chi connectivity index (χ1) is 8.24. The van der Waals surface area contributed by atoms with Crippen molar-refractivity contribution in [1.82, 2.24) is 5.32 Å². The summed E-state index contributed by atoms with van der Waals surface area (Å²) in [6.07, 6.45) is 3.37. The van der Waals surface area contributed by atoms with Crippen molar-refractivity contribution in [3.8, 4) is 0 Å². The molecule has 1 aromatic carbocycles. The molecule has 3 N–H and O–H groups in total. The van der Waals surface area contributed by atoms with E-state index in [2.05, 4.69) is 29.6 Å². The van der Waals surface area contributed by atoms with Crippen LogP contribution in [0.4, 0.5) is 0 Å². The summed E-state index contributed by atoms with van der Waals surface area (Å²) in [5, 5.41) is 2.66. The Labute approximate surface area is 102 Å². The SMILES string of the molecule is CNC(=O)C(CN)Cc1ccc(C2CC2)cc1. The van der Waals surface area contributed by atoms with Gasteiger partial charge in [-0.15, -0.1) is 0 Å². The quantitative estimate of drug-likeness (QED) is 0.807. The molecule has 17 heavy (non-hydrogen) atoms. The predicted molar refractivity (Wildman–Crippen MR) is 68.7 cm³/mol. The molecule has 0 spiro atoms. The average molecular weight is 232 g/mol. The van der Waals surface area contributed by atoms with Gasteiger partial charge >= 0.3 is 0 Å². The number of hydrogen-bond donors (Lipinski definition) is 2. The lowest BCUT2D eigenvalue weighted by Crippen LogP contribution is -2.34. The average Bonchev–Trinajstić information content (AvgIpc) is 3.20. The van der Waals surface area contributed by atoms with Crippen LogP contribution in [0.2, 0.25) is 0 Å². The zero-order valence-electron chi connectivity index (χ0n) is 10.3. The molecule has 3 heteroatoms. The molecule has 0 bridgehead atoms. The number of benzene rings is 1. The fraction of sp³-hybridized carbons (Fsp3) is 0.500. The minimum atomic E-state index is -0.119. The molecule has 1 amide bonds. The van der Waals surface area contributed by atoms with Gasteiger partial charge in [0.2, 0.25) is 5.91 Å². The van der Waals surface area contributed by atoms with E-state index in [0.717, 1.165) is 12.3 Å². The predicted octanol–water partition coefficient (Wildman–Crippen LogP) is 1.43. The van der Waals surface area contributed by atoms with Crippen molar-refractivity contribution in [3.05, 3.63) is 35.4 Å². The van der Waals surface area contributed by atoms with Crippen molar-refractivity contribution >= 4 is 5.91 Å². The standard InChI is InChI=1S/C14H20N2O/c1-16-14(17)13(9-15)8-10-2-4-11(5-3-10)12-6-7-12/h2-5,12-13H,6-9,15H2,1H3,(H,16,17). The Morgan fingerprint density at radius 1 is 1.41 bits per heavy atom. The molecule has 1 atom stereocenters. The number of nitrogens with one attached hydrogen (secondary N) is 1. The van der Waals surface area contributed by atoms with Crippen molar-refractivity contribution in [2.75, 3.05) is 13.6 Å². The van der Waals surface area contributed by atoms with E-state index < -0.39 is 0 Å². The number of carbonyl (C=O) groups excluding carboxylic acids is 1. The number of hydrogen-bond acceptors (Lipinski definition) is 2. The van der Waals surface area contributed by atoms with Crippen LogP contribution in [0.25, 0.3) is 0 Å². The molecule has 0 aromatic heterocycles. The van der Waals surface area contributed by atoms with E-state index in [9.17, 15) is 4.79 Å². The Balaban J connectivity index is 1.99. The van der Waals surface area contributed by atoms with Gasteiger partial charge in [-0.25, -0.2) is 0 Å². The molecule has 0 aliphatic heterocycles. The summed E-state index contributed by atoms with van der Waals surface area (Å²) in [6.45, 7) is 0.393.